The second-order valence-electron chi connectivity index (χ2n) is 5.24. The van der Waals surface area contributed by atoms with Crippen molar-refractivity contribution in [3.63, 3.8) is 0 Å². The third-order valence-corrected chi connectivity index (χ3v) is 4.63. The van der Waals surface area contributed by atoms with Gasteiger partial charge in [-0.15, -0.1) is 11.3 Å². The molecule has 3 nitrogen and oxygen atoms in total. The summed E-state index contributed by atoms with van der Waals surface area (Å²) in [5.74, 6) is 0.116. The molecule has 1 aromatic heterocycles. The van der Waals surface area contributed by atoms with Gasteiger partial charge in [0.1, 0.15) is 16.8 Å². The number of nitriles is 1. The fourth-order valence-corrected chi connectivity index (χ4v) is 3.53. The predicted octanol–water partition coefficient (Wildman–Crippen LogP) is 5.26. The molecule has 0 saturated heterocycles. The number of aromatic nitrogens is 1. The van der Waals surface area contributed by atoms with Crippen LogP contribution in [0.1, 0.15) is 30.7 Å². The lowest BCUT2D eigenvalue weighted by atomic mass is 10.1. The van der Waals surface area contributed by atoms with Crippen LogP contribution < -0.4 is 4.74 Å². The summed E-state index contributed by atoms with van der Waals surface area (Å²) >= 11 is 1.44. The molecule has 118 valence electrons. The molecule has 1 aliphatic carbocycles. The summed E-state index contributed by atoms with van der Waals surface area (Å²) in [6, 6.07) is 8.63. The number of benzene rings is 1. The molecule has 1 aromatic carbocycles. The Balaban J connectivity index is 1.84. The summed E-state index contributed by atoms with van der Waals surface area (Å²) in [4.78, 5) is 4.54. The highest BCUT2D eigenvalue weighted by molar-refractivity contribution is 7.11. The van der Waals surface area contributed by atoms with E-state index in [-0.39, 0.29) is 5.75 Å². The largest absolute Gasteiger partial charge is 0.435 e. The van der Waals surface area contributed by atoms with Crippen LogP contribution in [0.25, 0.3) is 16.8 Å². The molecular formula is C17H14F2N2OS. The number of halogens is 2. The fraction of sp³-hybridized carbons (Fsp3) is 0.294. The number of thiazole rings is 1. The lowest BCUT2D eigenvalue weighted by Gasteiger charge is -2.04. The number of allylic oxidation sites excluding steroid dienone is 2. The summed E-state index contributed by atoms with van der Waals surface area (Å²) in [5, 5.41) is 12.0. The Morgan fingerprint density at radius 3 is 2.52 bits per heavy atom. The predicted molar refractivity (Wildman–Crippen MR) is 85.2 cm³/mol. The number of alkyl halides is 2. The maximum Gasteiger partial charge on any atom is 0.387 e. The molecule has 0 aliphatic heterocycles. The second kappa shape index (κ2) is 6.88. The van der Waals surface area contributed by atoms with Gasteiger partial charge in [-0.1, -0.05) is 0 Å². The van der Waals surface area contributed by atoms with Crippen LogP contribution >= 0.6 is 11.3 Å². The minimum Gasteiger partial charge on any atom is -0.435 e. The normalized spacial score (nSPS) is 14.1. The third kappa shape index (κ3) is 3.57. The van der Waals surface area contributed by atoms with E-state index in [4.69, 9.17) is 0 Å². The van der Waals surface area contributed by atoms with Crippen molar-refractivity contribution in [3.05, 3.63) is 40.2 Å². The highest BCUT2D eigenvalue weighted by Gasteiger charge is 2.17. The Bertz CT molecular complexity index is 752. The Morgan fingerprint density at radius 1 is 1.22 bits per heavy atom. The summed E-state index contributed by atoms with van der Waals surface area (Å²) in [5.41, 5.74) is 3.42. The summed E-state index contributed by atoms with van der Waals surface area (Å²) < 4.78 is 28.6. The average Bonchev–Trinajstić information content (AvgIpc) is 3.21. The molecular weight excluding hydrogens is 318 g/mol. The molecule has 23 heavy (non-hydrogen) atoms. The zero-order valence-corrected chi connectivity index (χ0v) is 13.1. The lowest BCUT2D eigenvalue weighted by Crippen LogP contribution is -2.01. The first-order valence-electron chi connectivity index (χ1n) is 7.30. The van der Waals surface area contributed by atoms with E-state index in [0.29, 0.717) is 5.57 Å². The van der Waals surface area contributed by atoms with Crippen molar-refractivity contribution in [2.75, 3.05) is 0 Å². The van der Waals surface area contributed by atoms with E-state index in [1.54, 1.807) is 12.1 Å². The third-order valence-electron chi connectivity index (χ3n) is 3.77. The zero-order valence-electron chi connectivity index (χ0n) is 12.3. The molecule has 2 aromatic rings. The van der Waals surface area contributed by atoms with Gasteiger partial charge in [0.25, 0.3) is 0 Å². The smallest absolute Gasteiger partial charge is 0.387 e. The molecule has 6 heteroatoms. The SMILES string of the molecule is N#CC(=C1CCCC1)c1nc(-c2ccc(OC(F)F)cc2)cs1. The van der Waals surface area contributed by atoms with Gasteiger partial charge >= 0.3 is 6.61 Å². The molecule has 1 fully saturated rings. The van der Waals surface area contributed by atoms with Gasteiger partial charge in [0.2, 0.25) is 0 Å². The molecule has 0 unspecified atom stereocenters. The molecule has 0 spiro atoms. The van der Waals surface area contributed by atoms with Crippen LogP contribution in [0.15, 0.2) is 35.2 Å². The number of rotatable bonds is 4. The van der Waals surface area contributed by atoms with E-state index in [1.165, 1.54) is 29.0 Å². The highest BCUT2D eigenvalue weighted by Crippen LogP contribution is 2.34. The van der Waals surface area contributed by atoms with Crippen molar-refractivity contribution >= 4 is 16.9 Å². The maximum absolute atomic E-state index is 12.2. The van der Waals surface area contributed by atoms with E-state index < -0.39 is 6.61 Å². The standard InChI is InChI=1S/C17H14F2N2OS/c18-17(19)22-13-7-5-12(6-8-13)15-10-23-16(21-15)14(9-20)11-3-1-2-4-11/h5-8,10,17H,1-4H2. The monoisotopic (exact) mass is 332 g/mol. The quantitative estimate of drug-likeness (QED) is 0.717. The van der Waals surface area contributed by atoms with Crippen molar-refractivity contribution in [1.82, 2.24) is 4.98 Å². The molecule has 0 amide bonds. The van der Waals surface area contributed by atoms with Gasteiger partial charge in [-0.3, -0.25) is 0 Å². The van der Waals surface area contributed by atoms with E-state index in [0.717, 1.165) is 41.9 Å². The second-order valence-corrected chi connectivity index (χ2v) is 6.10. The van der Waals surface area contributed by atoms with Crippen molar-refractivity contribution < 1.29 is 13.5 Å². The van der Waals surface area contributed by atoms with Gasteiger partial charge < -0.3 is 4.74 Å². The molecule has 1 heterocycles. The van der Waals surface area contributed by atoms with Crippen LogP contribution in [-0.2, 0) is 0 Å². The Morgan fingerprint density at radius 2 is 1.91 bits per heavy atom. The zero-order chi connectivity index (χ0) is 16.2. The van der Waals surface area contributed by atoms with Crippen molar-refractivity contribution in [3.8, 4) is 23.1 Å². The first kappa shape index (κ1) is 15.6. The first-order valence-corrected chi connectivity index (χ1v) is 8.18. The number of hydrogen-bond acceptors (Lipinski definition) is 4. The Kier molecular flexibility index (Phi) is 4.68. The van der Waals surface area contributed by atoms with Gasteiger partial charge in [-0.05, 0) is 55.5 Å². The van der Waals surface area contributed by atoms with Crippen molar-refractivity contribution in [2.45, 2.75) is 32.3 Å². The van der Waals surface area contributed by atoms with Crippen LogP contribution in [-0.4, -0.2) is 11.6 Å². The van der Waals surface area contributed by atoms with Gasteiger partial charge in [0.05, 0.1) is 11.3 Å². The number of nitrogens with zero attached hydrogens (tertiary/aromatic N) is 2. The summed E-state index contributed by atoms with van der Waals surface area (Å²) in [6.45, 7) is -2.83. The Hall–Kier alpha value is -2.26. The summed E-state index contributed by atoms with van der Waals surface area (Å²) in [7, 11) is 0. The van der Waals surface area contributed by atoms with E-state index >= 15 is 0 Å². The van der Waals surface area contributed by atoms with E-state index in [9.17, 15) is 14.0 Å². The minimum atomic E-state index is -2.83. The topological polar surface area (TPSA) is 45.9 Å². The summed E-state index contributed by atoms with van der Waals surface area (Å²) in [6.07, 6.45) is 4.20. The van der Waals surface area contributed by atoms with Gasteiger partial charge in [0.15, 0.2) is 0 Å². The molecule has 3 rings (SSSR count). The number of ether oxygens (including phenoxy) is 1. The molecule has 0 bridgehead atoms. The van der Waals surface area contributed by atoms with Crippen LogP contribution in [0.4, 0.5) is 8.78 Å². The van der Waals surface area contributed by atoms with Crippen LogP contribution in [0.5, 0.6) is 5.75 Å². The minimum absolute atomic E-state index is 0.116. The van der Waals surface area contributed by atoms with Crippen molar-refractivity contribution in [2.24, 2.45) is 0 Å². The Labute approximate surface area is 136 Å². The molecule has 1 saturated carbocycles. The van der Waals surface area contributed by atoms with E-state index in [1.807, 2.05) is 5.38 Å². The van der Waals surface area contributed by atoms with Gasteiger partial charge in [-0.25, -0.2) is 4.98 Å². The maximum atomic E-state index is 12.2. The average molecular weight is 332 g/mol. The number of hydrogen-bond donors (Lipinski definition) is 0. The fourth-order valence-electron chi connectivity index (χ4n) is 2.66. The molecule has 0 N–H and O–H groups in total. The van der Waals surface area contributed by atoms with Crippen LogP contribution in [0.3, 0.4) is 0 Å². The van der Waals surface area contributed by atoms with Crippen LogP contribution in [0, 0.1) is 11.3 Å². The van der Waals surface area contributed by atoms with Gasteiger partial charge in [-0.2, -0.15) is 14.0 Å². The van der Waals surface area contributed by atoms with E-state index in [2.05, 4.69) is 15.8 Å². The van der Waals surface area contributed by atoms with Crippen LogP contribution in [0.2, 0.25) is 0 Å². The molecule has 0 radical (unpaired) electrons. The molecule has 1 aliphatic rings. The van der Waals surface area contributed by atoms with Gasteiger partial charge in [0, 0.05) is 10.9 Å². The highest BCUT2D eigenvalue weighted by atomic mass is 32.1. The first-order chi connectivity index (χ1) is 11.2. The molecule has 0 atom stereocenters. The lowest BCUT2D eigenvalue weighted by molar-refractivity contribution is -0.0498. The van der Waals surface area contributed by atoms with Crippen molar-refractivity contribution in [1.29, 1.82) is 5.26 Å².